The van der Waals surface area contributed by atoms with Crippen LogP contribution in [-0.2, 0) is 14.3 Å². The summed E-state index contributed by atoms with van der Waals surface area (Å²) < 4.78 is 5.63. The minimum Gasteiger partial charge on any atom is -0.480 e. The number of nitrogens with one attached hydrogen (secondary N) is 1. The van der Waals surface area contributed by atoms with Crippen LogP contribution in [0.4, 0.5) is 4.79 Å². The van der Waals surface area contributed by atoms with E-state index in [1.54, 1.807) is 0 Å². The van der Waals surface area contributed by atoms with Gasteiger partial charge in [0.1, 0.15) is 12.6 Å². The quantitative estimate of drug-likeness (QED) is 0.577. The van der Waals surface area contributed by atoms with Crippen molar-refractivity contribution in [3.8, 4) is 11.1 Å². The Balaban J connectivity index is 1.38. The number of hydrogen-bond donors (Lipinski definition) is 2. The van der Waals surface area contributed by atoms with E-state index in [9.17, 15) is 19.5 Å². The number of benzene rings is 2. The molecule has 2 N–H and O–H groups in total. The van der Waals surface area contributed by atoms with Crippen molar-refractivity contribution in [3.63, 3.8) is 0 Å². The zero-order valence-electron chi connectivity index (χ0n) is 19.4. The first-order chi connectivity index (χ1) is 16.4. The van der Waals surface area contributed by atoms with Gasteiger partial charge >= 0.3 is 12.1 Å². The molecule has 2 aliphatic rings. The van der Waals surface area contributed by atoms with Crippen LogP contribution in [0.3, 0.4) is 0 Å². The van der Waals surface area contributed by atoms with Gasteiger partial charge < -0.3 is 20.1 Å². The van der Waals surface area contributed by atoms with Crippen LogP contribution in [0, 0.1) is 0 Å². The van der Waals surface area contributed by atoms with Crippen LogP contribution in [0.25, 0.3) is 11.1 Å². The summed E-state index contributed by atoms with van der Waals surface area (Å²) in [5.74, 6) is -0.923. The minimum absolute atomic E-state index is 0.0387. The Bertz CT molecular complexity index is 1030. The lowest BCUT2D eigenvalue weighted by Gasteiger charge is -2.27. The maximum atomic E-state index is 12.9. The van der Waals surface area contributed by atoms with Gasteiger partial charge in [-0.05, 0) is 35.6 Å². The molecule has 180 valence electrons. The minimum atomic E-state index is -0.998. The van der Waals surface area contributed by atoms with Crippen molar-refractivity contribution in [2.24, 2.45) is 0 Å². The molecule has 2 aromatic rings. The number of rotatable bonds is 8. The lowest BCUT2D eigenvalue weighted by atomic mass is 9.98. The number of ether oxygens (including phenoxy) is 1. The molecule has 7 nitrogen and oxygen atoms in total. The van der Waals surface area contributed by atoms with E-state index in [0.29, 0.717) is 12.2 Å². The van der Waals surface area contributed by atoms with Gasteiger partial charge in [-0.25, -0.2) is 9.59 Å². The average molecular weight is 483 g/mol. The molecule has 4 rings (SSSR count). The largest absolute Gasteiger partial charge is 0.480 e. The van der Waals surface area contributed by atoms with Crippen molar-refractivity contribution < 1.29 is 24.2 Å². The highest BCUT2D eigenvalue weighted by Gasteiger charge is 2.40. The molecule has 1 fully saturated rings. The monoisotopic (exact) mass is 482 g/mol. The number of alkyl carbamates (subject to hydrolysis) is 1. The number of carboxylic acid groups (broad SMARTS) is 1. The van der Waals surface area contributed by atoms with Crippen LogP contribution in [0.2, 0.25) is 0 Å². The average Bonchev–Trinajstić information content (AvgIpc) is 3.36. The number of carboxylic acids is 1. The van der Waals surface area contributed by atoms with Crippen LogP contribution in [0.15, 0.2) is 48.5 Å². The molecule has 1 heterocycles. The Labute approximate surface area is 203 Å². The molecule has 2 amide bonds. The Morgan fingerprint density at radius 1 is 1.12 bits per heavy atom. The Morgan fingerprint density at radius 2 is 1.74 bits per heavy atom. The number of thioether (sulfide) groups is 1. The fourth-order valence-corrected chi connectivity index (χ4v) is 6.10. The van der Waals surface area contributed by atoms with Gasteiger partial charge in [0.05, 0.1) is 5.37 Å². The third kappa shape index (κ3) is 4.92. The molecule has 2 unspecified atom stereocenters. The van der Waals surface area contributed by atoms with Crippen LogP contribution >= 0.6 is 11.8 Å². The first kappa shape index (κ1) is 24.1. The SMILES string of the molecule is CCC[C@@H](CC(=O)N1C(C)SCC1C(=O)O)NC(=O)OCC1c2ccccc2-c2ccccc21. The normalized spacial score (nSPS) is 19.9. The van der Waals surface area contributed by atoms with Gasteiger partial charge in [0.25, 0.3) is 0 Å². The van der Waals surface area contributed by atoms with Crippen LogP contribution in [-0.4, -0.2) is 57.8 Å². The van der Waals surface area contributed by atoms with Gasteiger partial charge in [0.2, 0.25) is 5.91 Å². The molecule has 0 radical (unpaired) electrons. The Hall–Kier alpha value is -3.00. The molecular formula is C26H30N2O5S. The Morgan fingerprint density at radius 3 is 2.32 bits per heavy atom. The maximum absolute atomic E-state index is 12.9. The van der Waals surface area contributed by atoms with Crippen molar-refractivity contribution >= 4 is 29.7 Å². The molecule has 0 bridgehead atoms. The maximum Gasteiger partial charge on any atom is 0.407 e. The van der Waals surface area contributed by atoms with E-state index in [1.165, 1.54) is 16.7 Å². The summed E-state index contributed by atoms with van der Waals surface area (Å²) in [6, 6.07) is 15.0. The third-order valence-corrected chi connectivity index (χ3v) is 7.74. The van der Waals surface area contributed by atoms with Gasteiger partial charge in [-0.1, -0.05) is 61.9 Å². The first-order valence-electron chi connectivity index (χ1n) is 11.7. The van der Waals surface area contributed by atoms with Gasteiger partial charge in [0, 0.05) is 24.1 Å². The molecule has 34 heavy (non-hydrogen) atoms. The second-order valence-electron chi connectivity index (χ2n) is 8.75. The van der Waals surface area contributed by atoms with Crippen molar-refractivity contribution in [3.05, 3.63) is 59.7 Å². The topological polar surface area (TPSA) is 95.9 Å². The summed E-state index contributed by atoms with van der Waals surface area (Å²) in [6.45, 7) is 4.01. The van der Waals surface area contributed by atoms with Gasteiger partial charge in [-0.15, -0.1) is 11.8 Å². The number of hydrogen-bond acceptors (Lipinski definition) is 5. The molecule has 1 saturated heterocycles. The molecule has 2 aromatic carbocycles. The Kier molecular flexibility index (Phi) is 7.46. The predicted octanol–water partition coefficient (Wildman–Crippen LogP) is 4.46. The highest BCUT2D eigenvalue weighted by molar-refractivity contribution is 8.00. The van der Waals surface area contributed by atoms with Gasteiger partial charge in [-0.3, -0.25) is 4.79 Å². The number of amides is 2. The predicted molar refractivity (Wildman–Crippen MR) is 132 cm³/mol. The smallest absolute Gasteiger partial charge is 0.407 e. The van der Waals surface area contributed by atoms with E-state index < -0.39 is 24.1 Å². The zero-order valence-corrected chi connectivity index (χ0v) is 20.2. The van der Waals surface area contributed by atoms with E-state index in [4.69, 9.17) is 4.74 Å². The van der Waals surface area contributed by atoms with Crippen molar-refractivity contribution in [2.45, 2.75) is 56.5 Å². The molecule has 0 saturated carbocycles. The molecule has 0 aromatic heterocycles. The van der Waals surface area contributed by atoms with E-state index >= 15 is 0 Å². The van der Waals surface area contributed by atoms with Gasteiger partial charge in [0.15, 0.2) is 0 Å². The number of aliphatic carboxylic acids is 1. The van der Waals surface area contributed by atoms with Crippen molar-refractivity contribution in [2.75, 3.05) is 12.4 Å². The highest BCUT2D eigenvalue weighted by Crippen LogP contribution is 2.44. The lowest BCUT2D eigenvalue weighted by Crippen LogP contribution is -2.47. The van der Waals surface area contributed by atoms with E-state index in [0.717, 1.165) is 28.7 Å². The third-order valence-electron chi connectivity index (χ3n) is 6.52. The number of fused-ring (bicyclic) bond motifs is 3. The molecular weight excluding hydrogens is 452 g/mol. The summed E-state index contributed by atoms with van der Waals surface area (Å²) in [5, 5.41) is 12.1. The molecule has 8 heteroatoms. The summed E-state index contributed by atoms with van der Waals surface area (Å²) in [5.41, 5.74) is 4.59. The van der Waals surface area contributed by atoms with E-state index in [-0.39, 0.29) is 30.2 Å². The highest BCUT2D eigenvalue weighted by atomic mass is 32.2. The molecule has 0 spiro atoms. The van der Waals surface area contributed by atoms with Gasteiger partial charge in [-0.2, -0.15) is 0 Å². The van der Waals surface area contributed by atoms with Crippen LogP contribution in [0.5, 0.6) is 0 Å². The fraction of sp³-hybridized carbons (Fsp3) is 0.423. The summed E-state index contributed by atoms with van der Waals surface area (Å²) >= 11 is 1.45. The molecule has 3 atom stereocenters. The zero-order chi connectivity index (χ0) is 24.2. The van der Waals surface area contributed by atoms with Crippen molar-refractivity contribution in [1.29, 1.82) is 0 Å². The number of carbonyl (C=O) groups is 3. The number of nitrogens with zero attached hydrogens (tertiary/aromatic N) is 1. The number of carbonyl (C=O) groups excluding carboxylic acids is 2. The second kappa shape index (κ2) is 10.5. The summed E-state index contributed by atoms with van der Waals surface area (Å²) in [4.78, 5) is 38.6. The molecule has 1 aliphatic heterocycles. The van der Waals surface area contributed by atoms with Crippen LogP contribution < -0.4 is 5.32 Å². The fourth-order valence-electron chi connectivity index (χ4n) is 4.91. The van der Waals surface area contributed by atoms with E-state index in [2.05, 4.69) is 29.6 Å². The molecule has 1 aliphatic carbocycles. The summed E-state index contributed by atoms with van der Waals surface area (Å²) in [6.07, 6.45) is 0.857. The standard InChI is InChI=1S/C26H30N2O5S/c1-3-8-17(13-24(29)28-16(2)34-15-23(28)25(30)31)27-26(32)33-14-22-20-11-6-4-9-18(20)19-10-5-7-12-21(19)22/h4-7,9-12,16-17,22-23H,3,8,13-15H2,1-2H3,(H,27,32)(H,30,31)/t16?,17-,23?/m0/s1. The summed E-state index contributed by atoms with van der Waals surface area (Å²) in [7, 11) is 0. The van der Waals surface area contributed by atoms with Crippen LogP contribution in [0.1, 0.15) is 50.2 Å². The second-order valence-corrected chi connectivity index (χ2v) is 10.1. The van der Waals surface area contributed by atoms with E-state index in [1.807, 2.05) is 38.1 Å². The van der Waals surface area contributed by atoms with Crippen molar-refractivity contribution in [1.82, 2.24) is 10.2 Å². The lowest BCUT2D eigenvalue weighted by molar-refractivity contribution is -0.149. The first-order valence-corrected chi connectivity index (χ1v) is 12.7.